The van der Waals surface area contributed by atoms with E-state index in [1.807, 2.05) is 0 Å². The number of nitrogens with one attached hydrogen (secondary N) is 1. The van der Waals surface area contributed by atoms with Gasteiger partial charge >= 0.3 is 0 Å². The van der Waals surface area contributed by atoms with E-state index in [4.69, 9.17) is 0 Å². The van der Waals surface area contributed by atoms with Gasteiger partial charge in [0, 0.05) is 43.7 Å². The van der Waals surface area contributed by atoms with Crippen molar-refractivity contribution in [3.63, 3.8) is 0 Å². The van der Waals surface area contributed by atoms with Gasteiger partial charge in [0.2, 0.25) is 5.43 Å². The van der Waals surface area contributed by atoms with Crippen LogP contribution in [0.5, 0.6) is 0 Å². The molecule has 9 nitrogen and oxygen atoms in total. The molecule has 0 aromatic carbocycles. The number of rotatable bonds is 4. The third-order valence-electron chi connectivity index (χ3n) is 6.39. The fourth-order valence-electron chi connectivity index (χ4n) is 4.75. The Morgan fingerprint density at radius 1 is 1.17 bits per heavy atom. The van der Waals surface area contributed by atoms with Crippen LogP contribution in [0.25, 0.3) is 16.9 Å². The summed E-state index contributed by atoms with van der Waals surface area (Å²) in [5, 5.41) is 22.1. The van der Waals surface area contributed by atoms with E-state index in [-0.39, 0.29) is 29.9 Å². The molecule has 1 aliphatic carbocycles. The van der Waals surface area contributed by atoms with E-state index in [9.17, 15) is 37.4 Å². The van der Waals surface area contributed by atoms with Gasteiger partial charge in [-0.1, -0.05) is 0 Å². The minimum Gasteiger partial charge on any atom is -0.389 e. The zero-order valence-corrected chi connectivity index (χ0v) is 18.9. The minimum absolute atomic E-state index is 0.0524. The fraction of sp³-hybridized carbons (Fsp3) is 0.391. The summed E-state index contributed by atoms with van der Waals surface area (Å²) in [5.74, 6) is -6.13. The Bertz CT molecular complexity index is 1430. The Hall–Kier alpha value is -3.58. The second-order valence-electron chi connectivity index (χ2n) is 9.51. The number of carbonyl (C=O) groups excluding carboxylic acids is 1. The van der Waals surface area contributed by atoms with Gasteiger partial charge in [0.15, 0.2) is 17.3 Å². The van der Waals surface area contributed by atoms with Gasteiger partial charge < -0.3 is 20.4 Å². The van der Waals surface area contributed by atoms with Crippen molar-refractivity contribution in [2.75, 3.05) is 18.0 Å². The molecule has 1 saturated heterocycles. The van der Waals surface area contributed by atoms with E-state index in [1.54, 1.807) is 4.90 Å². The van der Waals surface area contributed by atoms with E-state index in [0.29, 0.717) is 6.07 Å². The van der Waals surface area contributed by atoms with Crippen LogP contribution >= 0.6 is 0 Å². The molecule has 0 bridgehead atoms. The summed E-state index contributed by atoms with van der Waals surface area (Å²) >= 11 is 0. The molecule has 3 aromatic heterocycles. The standard InChI is InChI=1S/C23H21F4N5O4/c1-22(9-23(26,27)10-22)30-21(36)13-6-32(20-14(25)4-11(24)5-28-20)19-12(18(13)35)2-3-17(29-19)31-7-15(33)16(34)8-31/h2-6,15-16,33-34H,7-10H2,1H3,(H,30,36)/t15-,16-/m1/s1. The molecule has 2 atom stereocenters. The number of pyridine rings is 3. The van der Waals surface area contributed by atoms with Crippen LogP contribution < -0.4 is 15.6 Å². The maximum atomic E-state index is 14.7. The van der Waals surface area contributed by atoms with Gasteiger partial charge in [-0.05, 0) is 19.1 Å². The summed E-state index contributed by atoms with van der Waals surface area (Å²) < 4.78 is 56.1. The van der Waals surface area contributed by atoms with E-state index in [2.05, 4.69) is 15.3 Å². The van der Waals surface area contributed by atoms with Crippen LogP contribution in [0, 0.1) is 11.6 Å². The van der Waals surface area contributed by atoms with E-state index in [0.717, 1.165) is 17.0 Å². The SMILES string of the molecule is CC1(NC(=O)c2cn(-c3ncc(F)cc3F)c3nc(N4C[C@@H](O)[C@H](O)C4)ccc3c2=O)CC(F)(F)C1. The molecule has 0 spiro atoms. The quantitative estimate of drug-likeness (QED) is 0.458. The number of aromatic nitrogens is 3. The second-order valence-corrected chi connectivity index (χ2v) is 9.51. The predicted molar refractivity (Wildman–Crippen MR) is 119 cm³/mol. The number of fused-ring (bicyclic) bond motifs is 1. The number of anilines is 1. The van der Waals surface area contributed by atoms with Crippen molar-refractivity contribution in [2.24, 2.45) is 0 Å². The zero-order chi connectivity index (χ0) is 26.0. The molecule has 1 saturated carbocycles. The minimum atomic E-state index is -2.93. The van der Waals surface area contributed by atoms with Gasteiger partial charge in [-0.25, -0.2) is 27.5 Å². The summed E-state index contributed by atoms with van der Waals surface area (Å²) in [6, 6.07) is 3.34. The van der Waals surface area contributed by atoms with Gasteiger partial charge in [-0.3, -0.25) is 14.2 Å². The average molecular weight is 507 g/mol. The summed E-state index contributed by atoms with van der Waals surface area (Å²) in [6.45, 7) is 1.53. The van der Waals surface area contributed by atoms with E-state index in [1.165, 1.54) is 19.1 Å². The smallest absolute Gasteiger partial charge is 0.257 e. The molecule has 0 radical (unpaired) electrons. The highest BCUT2D eigenvalue weighted by molar-refractivity contribution is 5.97. The largest absolute Gasteiger partial charge is 0.389 e. The number of alkyl halides is 2. The Morgan fingerprint density at radius 3 is 2.44 bits per heavy atom. The maximum Gasteiger partial charge on any atom is 0.257 e. The first-order valence-corrected chi connectivity index (χ1v) is 11.1. The monoisotopic (exact) mass is 507 g/mol. The van der Waals surface area contributed by atoms with Crippen molar-refractivity contribution in [1.82, 2.24) is 19.9 Å². The van der Waals surface area contributed by atoms with Crippen LogP contribution in [0.3, 0.4) is 0 Å². The van der Waals surface area contributed by atoms with Gasteiger partial charge in [0.25, 0.3) is 11.8 Å². The number of halogens is 4. The first-order valence-electron chi connectivity index (χ1n) is 11.1. The lowest BCUT2D eigenvalue weighted by molar-refractivity contribution is -0.124. The van der Waals surface area contributed by atoms with Crippen LogP contribution in [0.15, 0.2) is 35.4 Å². The molecular weight excluding hydrogens is 486 g/mol. The van der Waals surface area contributed by atoms with Crippen LogP contribution in [0.2, 0.25) is 0 Å². The van der Waals surface area contributed by atoms with Crippen LogP contribution in [0.4, 0.5) is 23.4 Å². The van der Waals surface area contributed by atoms with E-state index >= 15 is 0 Å². The molecule has 4 heterocycles. The third kappa shape index (κ3) is 4.17. The lowest BCUT2D eigenvalue weighted by Gasteiger charge is -2.45. The lowest BCUT2D eigenvalue weighted by Crippen LogP contribution is -2.60. The summed E-state index contributed by atoms with van der Waals surface area (Å²) in [7, 11) is 0. The molecule has 2 fully saturated rings. The van der Waals surface area contributed by atoms with Crippen molar-refractivity contribution in [3.05, 3.63) is 58.0 Å². The number of β-amino-alcohol motifs (C(OH)–C–C–N with tert-alkyl or cyclic N) is 2. The summed E-state index contributed by atoms with van der Waals surface area (Å²) in [6.07, 6.45) is -1.51. The van der Waals surface area contributed by atoms with Crippen molar-refractivity contribution in [2.45, 2.75) is 43.4 Å². The molecule has 5 rings (SSSR count). The number of carbonyl (C=O) groups is 1. The highest BCUT2D eigenvalue weighted by atomic mass is 19.3. The number of hydrogen-bond donors (Lipinski definition) is 3. The molecule has 3 N–H and O–H groups in total. The van der Waals surface area contributed by atoms with Gasteiger partial charge in [-0.2, -0.15) is 0 Å². The molecule has 3 aromatic rings. The molecule has 1 aliphatic heterocycles. The molecular formula is C23H21F4N5O4. The van der Waals surface area contributed by atoms with Crippen molar-refractivity contribution >= 4 is 22.8 Å². The normalized spacial score (nSPS) is 22.5. The van der Waals surface area contributed by atoms with Crippen LogP contribution in [-0.2, 0) is 0 Å². The number of hydrogen-bond acceptors (Lipinski definition) is 7. The van der Waals surface area contributed by atoms with Gasteiger partial charge in [-0.15, -0.1) is 0 Å². The van der Waals surface area contributed by atoms with Gasteiger partial charge in [0.1, 0.15) is 17.2 Å². The Balaban J connectivity index is 1.64. The maximum absolute atomic E-state index is 14.7. The van der Waals surface area contributed by atoms with Gasteiger partial charge in [0.05, 0.1) is 23.8 Å². The third-order valence-corrected chi connectivity index (χ3v) is 6.39. The number of aliphatic hydroxyl groups excluding tert-OH is 2. The number of nitrogens with zero attached hydrogens (tertiary/aromatic N) is 4. The van der Waals surface area contributed by atoms with Crippen LogP contribution in [-0.4, -0.2) is 67.4 Å². The Kier molecular flexibility index (Phi) is 5.52. The molecule has 0 unspecified atom stereocenters. The molecule has 1 amide bonds. The predicted octanol–water partition coefficient (Wildman–Crippen LogP) is 1.52. The zero-order valence-electron chi connectivity index (χ0n) is 18.9. The molecule has 36 heavy (non-hydrogen) atoms. The molecule has 190 valence electrons. The average Bonchev–Trinajstić information content (AvgIpc) is 3.11. The first-order chi connectivity index (χ1) is 16.9. The highest BCUT2D eigenvalue weighted by Gasteiger charge is 2.54. The first kappa shape index (κ1) is 24.1. The Labute approximate surface area is 201 Å². The van der Waals surface area contributed by atoms with Crippen molar-refractivity contribution in [3.8, 4) is 5.82 Å². The molecule has 13 heteroatoms. The summed E-state index contributed by atoms with van der Waals surface area (Å²) in [5.41, 5.74) is -2.60. The van der Waals surface area contributed by atoms with E-state index < -0.39 is 70.9 Å². The van der Waals surface area contributed by atoms with Crippen molar-refractivity contribution in [1.29, 1.82) is 0 Å². The topological polar surface area (TPSA) is 121 Å². The highest BCUT2D eigenvalue weighted by Crippen LogP contribution is 2.45. The number of aliphatic hydroxyl groups is 2. The van der Waals surface area contributed by atoms with Crippen molar-refractivity contribution < 1.29 is 32.6 Å². The molecule has 2 aliphatic rings. The second kappa shape index (κ2) is 8.23. The van der Waals surface area contributed by atoms with Crippen LogP contribution in [0.1, 0.15) is 30.1 Å². The summed E-state index contributed by atoms with van der Waals surface area (Å²) in [4.78, 5) is 35.9. The Morgan fingerprint density at radius 2 is 1.83 bits per heavy atom. The fourth-order valence-corrected chi connectivity index (χ4v) is 4.75. The lowest BCUT2D eigenvalue weighted by atomic mass is 9.75. The number of amides is 1.